The first-order valence-electron chi connectivity index (χ1n) is 7.33. The number of nitrogens with zero attached hydrogens (tertiary/aromatic N) is 3. The summed E-state index contributed by atoms with van der Waals surface area (Å²) in [5, 5.41) is 6.60. The smallest absolute Gasteiger partial charge is 0.336 e. The zero-order valence-corrected chi connectivity index (χ0v) is 13.5. The Morgan fingerprint density at radius 3 is 2.96 bits per heavy atom. The van der Waals surface area contributed by atoms with Gasteiger partial charge < -0.3 is 13.7 Å². The van der Waals surface area contributed by atoms with E-state index < -0.39 is 26.7 Å². The molecule has 0 bridgehead atoms. The molecule has 1 aliphatic rings. The molecule has 23 heavy (non-hydrogen) atoms. The van der Waals surface area contributed by atoms with Crippen molar-refractivity contribution in [1.29, 1.82) is 0 Å². The van der Waals surface area contributed by atoms with E-state index in [1.165, 1.54) is 6.26 Å². The van der Waals surface area contributed by atoms with E-state index in [1.54, 1.807) is 17.0 Å². The molecule has 0 radical (unpaired) electrons. The van der Waals surface area contributed by atoms with Gasteiger partial charge in [-0.15, -0.1) is 5.10 Å². The molecule has 8 nitrogen and oxygen atoms in total. The van der Waals surface area contributed by atoms with Gasteiger partial charge in [-0.1, -0.05) is 12.0 Å². The maximum Gasteiger partial charge on any atom is 0.336 e. The van der Waals surface area contributed by atoms with E-state index in [0.29, 0.717) is 19.0 Å². The van der Waals surface area contributed by atoms with Crippen molar-refractivity contribution in [2.24, 2.45) is 5.92 Å². The first-order chi connectivity index (χ1) is 11.0. The molecule has 1 amide bonds. The number of carbonyl (C=O) groups excluding carboxylic acids is 1. The van der Waals surface area contributed by atoms with Crippen LogP contribution in [0.15, 0.2) is 32.5 Å². The maximum absolute atomic E-state index is 12.3. The van der Waals surface area contributed by atoms with Crippen LogP contribution in [0.4, 0.5) is 0 Å². The van der Waals surface area contributed by atoms with Crippen LogP contribution in [0.3, 0.4) is 0 Å². The number of carbonyl (C=O) groups is 1. The molecule has 124 valence electrons. The number of furan rings is 1. The minimum Gasteiger partial charge on any atom is -0.459 e. The molecule has 1 unspecified atom stereocenters. The Morgan fingerprint density at radius 2 is 2.26 bits per heavy atom. The lowest BCUT2D eigenvalue weighted by Crippen LogP contribution is -2.42. The minimum absolute atomic E-state index is 0.0346. The number of rotatable bonds is 4. The first-order valence-corrected chi connectivity index (χ1v) is 8.99. The Hall–Kier alpha value is -2.16. The van der Waals surface area contributed by atoms with Gasteiger partial charge in [0, 0.05) is 13.1 Å². The first kappa shape index (κ1) is 15.7. The van der Waals surface area contributed by atoms with Gasteiger partial charge in [0.15, 0.2) is 5.76 Å². The van der Waals surface area contributed by atoms with Gasteiger partial charge >= 0.3 is 5.22 Å². The van der Waals surface area contributed by atoms with E-state index in [-0.39, 0.29) is 11.7 Å². The Bertz CT molecular complexity index is 781. The number of aromatic nitrogens is 2. The predicted molar refractivity (Wildman–Crippen MR) is 79.0 cm³/mol. The fraction of sp³-hybridized carbons (Fsp3) is 0.500. The van der Waals surface area contributed by atoms with Gasteiger partial charge in [-0.3, -0.25) is 4.79 Å². The molecule has 3 heterocycles. The predicted octanol–water partition coefficient (Wildman–Crippen LogP) is 1.36. The number of hydrogen-bond acceptors (Lipinski definition) is 7. The zero-order chi connectivity index (χ0) is 16.4. The van der Waals surface area contributed by atoms with Gasteiger partial charge in [-0.05, 0) is 30.9 Å². The molecule has 0 aliphatic carbocycles. The van der Waals surface area contributed by atoms with Crippen molar-refractivity contribution in [3.63, 3.8) is 0 Å². The quantitative estimate of drug-likeness (QED) is 0.827. The average Bonchev–Trinajstić information content (AvgIpc) is 3.18. The van der Waals surface area contributed by atoms with Gasteiger partial charge in [-0.2, -0.15) is 0 Å². The molecule has 2 aromatic heterocycles. The van der Waals surface area contributed by atoms with Crippen LogP contribution in [0.2, 0.25) is 0 Å². The monoisotopic (exact) mass is 339 g/mol. The fourth-order valence-electron chi connectivity index (χ4n) is 2.57. The van der Waals surface area contributed by atoms with Crippen LogP contribution in [0.25, 0.3) is 11.7 Å². The van der Waals surface area contributed by atoms with Crippen molar-refractivity contribution in [2.75, 3.05) is 18.8 Å². The average molecular weight is 339 g/mol. The topological polar surface area (TPSA) is 107 Å². The molecule has 1 atom stereocenters. The van der Waals surface area contributed by atoms with Gasteiger partial charge in [0.25, 0.3) is 5.89 Å². The van der Waals surface area contributed by atoms with E-state index in [9.17, 15) is 13.2 Å². The van der Waals surface area contributed by atoms with Crippen molar-refractivity contribution in [3.8, 4) is 11.7 Å². The molecule has 9 heteroatoms. The van der Waals surface area contributed by atoms with E-state index in [0.717, 1.165) is 12.8 Å². The summed E-state index contributed by atoms with van der Waals surface area (Å²) < 4.78 is 34.7. The van der Waals surface area contributed by atoms with Crippen LogP contribution in [-0.2, 0) is 14.6 Å². The second-order valence-electron chi connectivity index (χ2n) is 5.70. The fourth-order valence-corrected chi connectivity index (χ4v) is 3.57. The van der Waals surface area contributed by atoms with E-state index in [2.05, 4.69) is 10.2 Å². The van der Waals surface area contributed by atoms with E-state index >= 15 is 0 Å². The second-order valence-corrected chi connectivity index (χ2v) is 7.56. The normalized spacial score (nSPS) is 19.0. The highest BCUT2D eigenvalue weighted by Gasteiger charge is 2.30. The molecule has 3 rings (SSSR count). The second kappa shape index (κ2) is 6.15. The Labute approximate surface area is 133 Å². The molecule has 1 aliphatic heterocycles. The Balaban J connectivity index is 1.73. The molecule has 1 fully saturated rings. The number of sulfone groups is 1. The minimum atomic E-state index is -3.97. The van der Waals surface area contributed by atoms with Crippen LogP contribution in [0.5, 0.6) is 0 Å². The van der Waals surface area contributed by atoms with Gasteiger partial charge in [0.2, 0.25) is 15.7 Å². The molecule has 0 N–H and O–H groups in total. The summed E-state index contributed by atoms with van der Waals surface area (Å²) in [6.45, 7) is 3.21. The van der Waals surface area contributed by atoms with Crippen molar-refractivity contribution in [2.45, 2.75) is 25.0 Å². The van der Waals surface area contributed by atoms with Crippen molar-refractivity contribution < 1.29 is 22.0 Å². The largest absolute Gasteiger partial charge is 0.459 e. The maximum atomic E-state index is 12.3. The lowest BCUT2D eigenvalue weighted by Gasteiger charge is -2.30. The highest BCUT2D eigenvalue weighted by molar-refractivity contribution is 7.91. The van der Waals surface area contributed by atoms with Crippen molar-refractivity contribution in [3.05, 3.63) is 18.4 Å². The van der Waals surface area contributed by atoms with Gasteiger partial charge in [0.1, 0.15) is 5.75 Å². The Morgan fingerprint density at radius 1 is 1.43 bits per heavy atom. The third-order valence-electron chi connectivity index (χ3n) is 3.73. The van der Waals surface area contributed by atoms with E-state index in [4.69, 9.17) is 8.83 Å². The van der Waals surface area contributed by atoms with Gasteiger partial charge in [0.05, 0.1) is 6.26 Å². The number of likely N-dealkylation sites (tertiary alicyclic amines) is 1. The summed E-state index contributed by atoms with van der Waals surface area (Å²) in [6.07, 6.45) is 3.34. The lowest BCUT2D eigenvalue weighted by atomic mass is 10.0. The zero-order valence-electron chi connectivity index (χ0n) is 12.6. The molecule has 1 saturated heterocycles. The molecule has 2 aromatic rings. The lowest BCUT2D eigenvalue weighted by molar-refractivity contribution is -0.130. The van der Waals surface area contributed by atoms with E-state index in [1.807, 2.05) is 6.92 Å². The molecule has 0 spiro atoms. The summed E-state index contributed by atoms with van der Waals surface area (Å²) in [4.78, 5) is 13.8. The van der Waals surface area contributed by atoms with Gasteiger partial charge in [-0.25, -0.2) is 8.42 Å². The highest BCUT2D eigenvalue weighted by atomic mass is 32.2. The summed E-state index contributed by atoms with van der Waals surface area (Å²) in [5.74, 6) is -0.485. The van der Waals surface area contributed by atoms with Crippen LogP contribution in [0.1, 0.15) is 19.8 Å². The SMILES string of the molecule is CC1CCCN(C(=O)CS(=O)(=O)c2nnc(-c3ccco3)o2)C1. The summed E-state index contributed by atoms with van der Waals surface area (Å²) >= 11 is 0. The van der Waals surface area contributed by atoms with Crippen molar-refractivity contribution in [1.82, 2.24) is 15.1 Å². The van der Waals surface area contributed by atoms with Crippen molar-refractivity contribution >= 4 is 15.7 Å². The summed E-state index contributed by atoms with van der Waals surface area (Å²) in [6, 6.07) is 3.19. The third kappa shape index (κ3) is 3.44. The highest BCUT2D eigenvalue weighted by Crippen LogP contribution is 2.21. The van der Waals surface area contributed by atoms with Crippen LogP contribution < -0.4 is 0 Å². The molecule has 0 saturated carbocycles. The molecular formula is C14H17N3O5S. The standard InChI is InChI=1S/C14H17N3O5S/c1-10-4-2-6-17(8-10)12(18)9-23(19,20)14-16-15-13(22-14)11-5-3-7-21-11/h3,5,7,10H,2,4,6,8-9H2,1H3. The molecule has 0 aromatic carbocycles. The summed E-state index contributed by atoms with van der Waals surface area (Å²) in [5.41, 5.74) is 0. The number of hydrogen-bond donors (Lipinski definition) is 0. The summed E-state index contributed by atoms with van der Waals surface area (Å²) in [7, 11) is -3.97. The number of amides is 1. The third-order valence-corrected chi connectivity index (χ3v) is 5.05. The molecular weight excluding hydrogens is 322 g/mol. The van der Waals surface area contributed by atoms with Crippen LogP contribution >= 0.6 is 0 Å². The van der Waals surface area contributed by atoms with Crippen LogP contribution in [0, 0.1) is 5.92 Å². The van der Waals surface area contributed by atoms with Crippen LogP contribution in [-0.4, -0.2) is 48.3 Å². The Kier molecular flexibility index (Phi) is 4.20. The number of piperidine rings is 1.